The molecule has 0 aliphatic carbocycles. The summed E-state index contributed by atoms with van der Waals surface area (Å²) < 4.78 is 2.19. The van der Waals surface area contributed by atoms with Crippen LogP contribution in [-0.4, -0.2) is 43.6 Å². The molecule has 0 radical (unpaired) electrons. The molecule has 3 heterocycles. The molecule has 0 saturated carbocycles. The monoisotopic (exact) mass is 337 g/mol. The van der Waals surface area contributed by atoms with E-state index >= 15 is 0 Å². The molecule has 128 valence electrons. The Balaban J connectivity index is 1.65. The molecule has 0 spiro atoms. The second-order valence-electron chi connectivity index (χ2n) is 6.46. The van der Waals surface area contributed by atoms with Gasteiger partial charge in [0, 0.05) is 30.4 Å². The number of aromatic amines is 1. The average molecular weight is 337 g/mol. The molecule has 1 aliphatic rings. The maximum atomic E-state index is 13.0. The smallest absolute Gasteiger partial charge is 0.275 e. The van der Waals surface area contributed by atoms with Crippen LogP contribution in [0, 0.1) is 13.8 Å². The second-order valence-corrected chi connectivity index (χ2v) is 6.46. The van der Waals surface area contributed by atoms with E-state index in [0.717, 1.165) is 17.9 Å². The third-order valence-electron chi connectivity index (χ3n) is 4.88. The van der Waals surface area contributed by atoms with E-state index in [2.05, 4.69) is 19.7 Å². The Labute approximate surface area is 144 Å². The molecule has 1 aromatic carbocycles. The van der Waals surface area contributed by atoms with Crippen molar-refractivity contribution in [2.24, 2.45) is 0 Å². The van der Waals surface area contributed by atoms with Crippen molar-refractivity contribution in [1.29, 1.82) is 0 Å². The molecule has 7 nitrogen and oxygen atoms in total. The van der Waals surface area contributed by atoms with Crippen molar-refractivity contribution in [2.45, 2.75) is 26.3 Å². The fourth-order valence-corrected chi connectivity index (χ4v) is 3.68. The number of carbonyl (C=O) groups is 1. The van der Waals surface area contributed by atoms with Gasteiger partial charge in [-0.15, -0.1) is 0 Å². The number of benzene rings is 1. The Morgan fingerprint density at radius 2 is 2.00 bits per heavy atom. The van der Waals surface area contributed by atoms with Gasteiger partial charge in [-0.3, -0.25) is 9.59 Å². The molecule has 0 bridgehead atoms. The van der Waals surface area contributed by atoms with Crippen LogP contribution in [-0.2, 0) is 0 Å². The van der Waals surface area contributed by atoms with Gasteiger partial charge in [0.1, 0.15) is 5.82 Å². The lowest BCUT2D eigenvalue weighted by atomic mass is 10.1. The van der Waals surface area contributed by atoms with E-state index in [-0.39, 0.29) is 17.5 Å². The van der Waals surface area contributed by atoms with E-state index < -0.39 is 0 Å². The minimum atomic E-state index is -0.281. The summed E-state index contributed by atoms with van der Waals surface area (Å²) in [6.45, 7) is 5.29. The number of nitrogens with zero attached hydrogens (tertiary/aromatic N) is 4. The SMILES string of the molecule is Cc1cnc(C)n1C1CCN(C(=O)c2n[nH]c(=O)c3ccccc23)C1. The zero-order valence-electron chi connectivity index (χ0n) is 14.2. The standard InChI is InChI=1S/C18H19N5O2/c1-11-9-19-12(2)23(11)13-7-8-22(10-13)18(25)16-14-5-3-4-6-15(14)17(24)21-20-16/h3-6,9,13H,7-8,10H2,1-2H3,(H,21,24). The molecule has 1 amide bonds. The number of hydrogen-bond donors (Lipinski definition) is 1. The molecular weight excluding hydrogens is 318 g/mol. The van der Waals surface area contributed by atoms with Crippen LogP contribution in [0.5, 0.6) is 0 Å². The number of H-pyrrole nitrogens is 1. The molecular formula is C18H19N5O2. The zero-order chi connectivity index (χ0) is 17.6. The maximum Gasteiger partial charge on any atom is 0.275 e. The second kappa shape index (κ2) is 5.84. The van der Waals surface area contributed by atoms with E-state index in [1.54, 1.807) is 23.1 Å². The maximum absolute atomic E-state index is 13.0. The molecule has 1 aliphatic heterocycles. The van der Waals surface area contributed by atoms with Crippen LogP contribution in [0.25, 0.3) is 10.8 Å². The first-order chi connectivity index (χ1) is 12.1. The first-order valence-electron chi connectivity index (χ1n) is 8.33. The molecule has 1 fully saturated rings. The molecule has 3 aromatic rings. The van der Waals surface area contributed by atoms with Crippen LogP contribution < -0.4 is 5.56 Å². The summed E-state index contributed by atoms with van der Waals surface area (Å²) in [5.41, 5.74) is 1.12. The van der Waals surface area contributed by atoms with Crippen LogP contribution >= 0.6 is 0 Å². The van der Waals surface area contributed by atoms with Crippen LogP contribution in [0.15, 0.2) is 35.3 Å². The van der Waals surface area contributed by atoms with Crippen molar-refractivity contribution >= 4 is 16.7 Å². The predicted octanol–water partition coefficient (Wildman–Crippen LogP) is 1.82. The largest absolute Gasteiger partial charge is 0.335 e. The van der Waals surface area contributed by atoms with Crippen LogP contribution in [0.4, 0.5) is 0 Å². The molecule has 1 atom stereocenters. The van der Waals surface area contributed by atoms with Gasteiger partial charge < -0.3 is 9.47 Å². The van der Waals surface area contributed by atoms with Crippen LogP contribution in [0.2, 0.25) is 0 Å². The highest BCUT2D eigenvalue weighted by Crippen LogP contribution is 2.26. The topological polar surface area (TPSA) is 83.9 Å². The highest BCUT2D eigenvalue weighted by molar-refractivity contribution is 6.04. The number of likely N-dealkylation sites (tertiary alicyclic amines) is 1. The Bertz CT molecular complexity index is 1000. The summed E-state index contributed by atoms with van der Waals surface area (Å²) in [4.78, 5) is 31.0. The Hall–Kier alpha value is -2.96. The van der Waals surface area contributed by atoms with Gasteiger partial charge in [-0.25, -0.2) is 10.1 Å². The Kier molecular flexibility index (Phi) is 3.63. The van der Waals surface area contributed by atoms with Crippen molar-refractivity contribution in [3.63, 3.8) is 0 Å². The summed E-state index contributed by atoms with van der Waals surface area (Å²) in [6, 6.07) is 7.29. The minimum absolute atomic E-state index is 0.148. The van der Waals surface area contributed by atoms with E-state index in [1.165, 1.54) is 0 Å². The highest BCUT2D eigenvalue weighted by Gasteiger charge is 2.31. The van der Waals surface area contributed by atoms with Crippen molar-refractivity contribution in [1.82, 2.24) is 24.6 Å². The van der Waals surface area contributed by atoms with Crippen molar-refractivity contribution in [2.75, 3.05) is 13.1 Å². The van der Waals surface area contributed by atoms with E-state index in [0.29, 0.717) is 29.6 Å². The summed E-state index contributed by atoms with van der Waals surface area (Å²) >= 11 is 0. The number of carbonyl (C=O) groups excluding carboxylic acids is 1. The summed E-state index contributed by atoms with van der Waals surface area (Å²) in [5, 5.41) is 7.54. The fourth-order valence-electron chi connectivity index (χ4n) is 3.68. The molecule has 1 saturated heterocycles. The number of fused-ring (bicyclic) bond motifs is 1. The van der Waals surface area contributed by atoms with Gasteiger partial charge in [0.05, 0.1) is 11.4 Å². The van der Waals surface area contributed by atoms with Gasteiger partial charge in [-0.05, 0) is 26.3 Å². The summed E-state index contributed by atoms with van der Waals surface area (Å²) in [5.74, 6) is 0.815. The third kappa shape index (κ3) is 2.52. The minimum Gasteiger partial charge on any atom is -0.335 e. The number of aryl methyl sites for hydroxylation is 2. The first kappa shape index (κ1) is 15.6. The number of amides is 1. The number of nitrogens with one attached hydrogen (secondary N) is 1. The van der Waals surface area contributed by atoms with Gasteiger partial charge in [0.2, 0.25) is 0 Å². The quantitative estimate of drug-likeness (QED) is 0.773. The molecule has 4 rings (SSSR count). The lowest BCUT2D eigenvalue weighted by molar-refractivity contribution is 0.0782. The van der Waals surface area contributed by atoms with Crippen LogP contribution in [0.3, 0.4) is 0 Å². The molecule has 1 unspecified atom stereocenters. The van der Waals surface area contributed by atoms with Gasteiger partial charge in [-0.2, -0.15) is 5.10 Å². The molecule has 25 heavy (non-hydrogen) atoms. The summed E-state index contributed by atoms with van der Waals surface area (Å²) in [6.07, 6.45) is 2.74. The molecule has 1 N–H and O–H groups in total. The van der Waals surface area contributed by atoms with E-state index in [1.807, 2.05) is 26.1 Å². The third-order valence-corrected chi connectivity index (χ3v) is 4.88. The lowest BCUT2D eigenvalue weighted by Gasteiger charge is -2.19. The highest BCUT2D eigenvalue weighted by atomic mass is 16.2. The van der Waals surface area contributed by atoms with E-state index in [9.17, 15) is 9.59 Å². The molecule has 2 aromatic heterocycles. The first-order valence-corrected chi connectivity index (χ1v) is 8.33. The number of hydrogen-bond acceptors (Lipinski definition) is 4. The Morgan fingerprint density at radius 1 is 1.24 bits per heavy atom. The van der Waals surface area contributed by atoms with Gasteiger partial charge in [-0.1, -0.05) is 18.2 Å². The van der Waals surface area contributed by atoms with Crippen molar-refractivity contribution in [3.8, 4) is 0 Å². The van der Waals surface area contributed by atoms with E-state index in [4.69, 9.17) is 0 Å². The lowest BCUT2D eigenvalue weighted by Crippen LogP contribution is -2.31. The number of aromatic nitrogens is 4. The van der Waals surface area contributed by atoms with Crippen LogP contribution in [0.1, 0.15) is 34.5 Å². The number of imidazole rings is 1. The van der Waals surface area contributed by atoms with Crippen molar-refractivity contribution in [3.05, 3.63) is 58.0 Å². The van der Waals surface area contributed by atoms with Crippen molar-refractivity contribution < 1.29 is 4.79 Å². The van der Waals surface area contributed by atoms with Gasteiger partial charge in [0.25, 0.3) is 11.5 Å². The fraction of sp³-hybridized carbons (Fsp3) is 0.333. The molecule has 7 heteroatoms. The van der Waals surface area contributed by atoms with Gasteiger partial charge in [0.15, 0.2) is 5.69 Å². The summed E-state index contributed by atoms with van der Waals surface area (Å²) in [7, 11) is 0. The normalized spacial score (nSPS) is 17.4. The predicted molar refractivity (Wildman–Crippen MR) is 93.6 cm³/mol. The van der Waals surface area contributed by atoms with Gasteiger partial charge >= 0.3 is 0 Å². The number of rotatable bonds is 2. The Morgan fingerprint density at radius 3 is 2.72 bits per heavy atom. The average Bonchev–Trinajstić information content (AvgIpc) is 3.21. The zero-order valence-corrected chi connectivity index (χ0v) is 14.2.